The van der Waals surface area contributed by atoms with E-state index in [9.17, 15) is 0 Å². The van der Waals surface area contributed by atoms with Gasteiger partial charge in [-0.3, -0.25) is 0 Å². The topological polar surface area (TPSA) is 9.23 Å². The molecule has 0 heterocycles. The number of allylic oxidation sites excluding steroid dienone is 1. The van der Waals surface area contributed by atoms with Crippen LogP contribution in [0, 0.1) is 5.92 Å². The van der Waals surface area contributed by atoms with Crippen molar-refractivity contribution in [1.29, 1.82) is 0 Å². The summed E-state index contributed by atoms with van der Waals surface area (Å²) in [6.07, 6.45) is 10.8. The summed E-state index contributed by atoms with van der Waals surface area (Å²) in [5, 5.41) is 0. The molecule has 10 heavy (non-hydrogen) atoms. The highest BCUT2D eigenvalue weighted by Crippen LogP contribution is 2.33. The van der Waals surface area contributed by atoms with Gasteiger partial charge in [-0.25, -0.2) is 0 Å². The predicted octanol–water partition coefficient (Wildman–Crippen LogP) is 2.73. The van der Waals surface area contributed by atoms with Crippen molar-refractivity contribution in [2.75, 3.05) is 7.11 Å². The van der Waals surface area contributed by atoms with E-state index in [0.29, 0.717) is 0 Å². The molecule has 0 aromatic heterocycles. The van der Waals surface area contributed by atoms with Gasteiger partial charge in [-0.2, -0.15) is 0 Å². The van der Waals surface area contributed by atoms with Gasteiger partial charge in [-0.05, 0) is 24.8 Å². The third-order valence-electron chi connectivity index (χ3n) is 1.91. The van der Waals surface area contributed by atoms with Gasteiger partial charge in [0.05, 0.1) is 13.4 Å². The average molecular weight is 140 g/mol. The molecule has 0 aliphatic heterocycles. The number of hydrogen-bond acceptors (Lipinski definition) is 1. The van der Waals surface area contributed by atoms with E-state index in [2.05, 4.69) is 6.08 Å². The minimum absolute atomic E-state index is 1.08. The van der Waals surface area contributed by atoms with Crippen LogP contribution < -0.4 is 0 Å². The quantitative estimate of drug-likeness (QED) is 0.421. The van der Waals surface area contributed by atoms with Gasteiger partial charge >= 0.3 is 0 Å². The van der Waals surface area contributed by atoms with Gasteiger partial charge < -0.3 is 4.74 Å². The first kappa shape index (κ1) is 7.64. The second kappa shape index (κ2) is 4.37. The van der Waals surface area contributed by atoms with Crippen LogP contribution in [0.25, 0.3) is 0 Å². The van der Waals surface area contributed by atoms with E-state index in [1.807, 2.05) is 0 Å². The molecule has 1 saturated carbocycles. The van der Waals surface area contributed by atoms with Crippen LogP contribution in [-0.4, -0.2) is 7.11 Å². The fourth-order valence-corrected chi connectivity index (χ4v) is 1.10. The maximum absolute atomic E-state index is 4.78. The fraction of sp³-hybridized carbons (Fsp3) is 0.778. The van der Waals surface area contributed by atoms with Gasteiger partial charge in [0.15, 0.2) is 0 Å². The maximum Gasteiger partial charge on any atom is 0.0784 e. The van der Waals surface area contributed by atoms with Gasteiger partial charge in [0.1, 0.15) is 0 Å². The standard InChI is InChI=1S/C9H16O/c1-10-8-4-2-3-5-9-6-7-9/h4,8-9H,2-3,5-7H2,1H3. The summed E-state index contributed by atoms with van der Waals surface area (Å²) < 4.78 is 4.78. The predicted molar refractivity (Wildman–Crippen MR) is 42.7 cm³/mol. The van der Waals surface area contributed by atoms with Crippen molar-refractivity contribution in [2.45, 2.75) is 32.1 Å². The third kappa shape index (κ3) is 3.54. The average Bonchev–Trinajstić information content (AvgIpc) is 2.71. The van der Waals surface area contributed by atoms with E-state index < -0.39 is 0 Å². The van der Waals surface area contributed by atoms with Crippen LogP contribution >= 0.6 is 0 Å². The Morgan fingerprint density at radius 2 is 2.30 bits per heavy atom. The van der Waals surface area contributed by atoms with Gasteiger partial charge in [-0.1, -0.05) is 19.3 Å². The van der Waals surface area contributed by atoms with E-state index >= 15 is 0 Å². The zero-order valence-electron chi connectivity index (χ0n) is 6.68. The van der Waals surface area contributed by atoms with Crippen molar-refractivity contribution in [3.05, 3.63) is 12.3 Å². The van der Waals surface area contributed by atoms with Crippen LogP contribution in [0.2, 0.25) is 0 Å². The summed E-state index contributed by atoms with van der Waals surface area (Å²) in [4.78, 5) is 0. The van der Waals surface area contributed by atoms with Crippen LogP contribution in [-0.2, 0) is 4.74 Å². The highest BCUT2D eigenvalue weighted by atomic mass is 16.5. The Bertz CT molecular complexity index is 103. The lowest BCUT2D eigenvalue weighted by Crippen LogP contribution is -1.75. The minimum atomic E-state index is 1.08. The first-order valence-electron chi connectivity index (χ1n) is 4.11. The Hall–Kier alpha value is -0.460. The fourth-order valence-electron chi connectivity index (χ4n) is 1.10. The van der Waals surface area contributed by atoms with Crippen molar-refractivity contribution in [1.82, 2.24) is 0 Å². The molecule has 0 unspecified atom stereocenters. The zero-order valence-corrected chi connectivity index (χ0v) is 6.68. The molecule has 1 rings (SSSR count). The molecule has 0 amide bonds. The summed E-state index contributed by atoms with van der Waals surface area (Å²) in [6, 6.07) is 0. The Balaban J connectivity index is 1.80. The van der Waals surface area contributed by atoms with E-state index in [4.69, 9.17) is 4.74 Å². The van der Waals surface area contributed by atoms with Crippen LogP contribution in [0.1, 0.15) is 32.1 Å². The Morgan fingerprint density at radius 3 is 2.90 bits per heavy atom. The monoisotopic (exact) mass is 140 g/mol. The van der Waals surface area contributed by atoms with Gasteiger partial charge in [-0.15, -0.1) is 0 Å². The molecular weight excluding hydrogens is 124 g/mol. The lowest BCUT2D eigenvalue weighted by Gasteiger charge is -1.92. The molecule has 0 radical (unpaired) electrons. The van der Waals surface area contributed by atoms with Gasteiger partial charge in [0.25, 0.3) is 0 Å². The SMILES string of the molecule is COC=CCCCC1CC1. The zero-order chi connectivity index (χ0) is 7.23. The molecule has 1 aliphatic carbocycles. The molecule has 0 aromatic rings. The summed E-state index contributed by atoms with van der Waals surface area (Å²) in [6.45, 7) is 0. The molecule has 0 spiro atoms. The molecule has 1 nitrogen and oxygen atoms in total. The van der Waals surface area contributed by atoms with Crippen molar-refractivity contribution in [3.63, 3.8) is 0 Å². The van der Waals surface area contributed by atoms with Crippen LogP contribution in [0.3, 0.4) is 0 Å². The number of ether oxygens (including phenoxy) is 1. The molecule has 0 N–H and O–H groups in total. The summed E-state index contributed by atoms with van der Waals surface area (Å²) in [7, 11) is 1.69. The van der Waals surface area contributed by atoms with Crippen molar-refractivity contribution in [2.24, 2.45) is 5.92 Å². The van der Waals surface area contributed by atoms with Crippen molar-refractivity contribution >= 4 is 0 Å². The van der Waals surface area contributed by atoms with Crippen LogP contribution in [0.15, 0.2) is 12.3 Å². The second-order valence-corrected chi connectivity index (χ2v) is 2.98. The molecule has 0 bridgehead atoms. The number of methoxy groups -OCH3 is 1. The maximum atomic E-state index is 4.78. The number of rotatable bonds is 5. The minimum Gasteiger partial charge on any atom is -0.505 e. The number of hydrogen-bond donors (Lipinski definition) is 0. The lowest BCUT2D eigenvalue weighted by molar-refractivity contribution is 0.336. The first-order valence-corrected chi connectivity index (χ1v) is 4.11. The van der Waals surface area contributed by atoms with Gasteiger partial charge in [0.2, 0.25) is 0 Å². The van der Waals surface area contributed by atoms with Crippen LogP contribution in [0.4, 0.5) is 0 Å². The molecule has 1 heteroatoms. The Labute approximate surface area is 63.1 Å². The lowest BCUT2D eigenvalue weighted by atomic mass is 10.2. The number of unbranched alkanes of at least 4 members (excludes halogenated alkanes) is 1. The highest BCUT2D eigenvalue weighted by Gasteiger charge is 2.19. The molecular formula is C9H16O. The summed E-state index contributed by atoms with van der Waals surface area (Å²) in [5.41, 5.74) is 0. The largest absolute Gasteiger partial charge is 0.505 e. The van der Waals surface area contributed by atoms with Crippen LogP contribution in [0.5, 0.6) is 0 Å². The van der Waals surface area contributed by atoms with Gasteiger partial charge in [0, 0.05) is 0 Å². The Kier molecular flexibility index (Phi) is 3.34. The van der Waals surface area contributed by atoms with E-state index in [-0.39, 0.29) is 0 Å². The molecule has 0 atom stereocenters. The highest BCUT2D eigenvalue weighted by molar-refractivity contribution is 4.77. The summed E-state index contributed by atoms with van der Waals surface area (Å²) >= 11 is 0. The second-order valence-electron chi connectivity index (χ2n) is 2.98. The molecule has 58 valence electrons. The smallest absolute Gasteiger partial charge is 0.0784 e. The van der Waals surface area contributed by atoms with E-state index in [1.165, 1.54) is 32.1 Å². The molecule has 1 fully saturated rings. The normalized spacial score (nSPS) is 18.1. The van der Waals surface area contributed by atoms with Crippen molar-refractivity contribution in [3.8, 4) is 0 Å². The third-order valence-corrected chi connectivity index (χ3v) is 1.91. The van der Waals surface area contributed by atoms with E-state index in [1.54, 1.807) is 13.4 Å². The molecule has 0 aromatic carbocycles. The molecule has 0 saturated heterocycles. The molecule has 1 aliphatic rings. The first-order chi connectivity index (χ1) is 4.93. The Morgan fingerprint density at radius 1 is 1.50 bits per heavy atom. The van der Waals surface area contributed by atoms with Crippen molar-refractivity contribution < 1.29 is 4.74 Å². The summed E-state index contributed by atoms with van der Waals surface area (Å²) in [5.74, 6) is 1.08. The van der Waals surface area contributed by atoms with E-state index in [0.717, 1.165) is 5.92 Å².